The number of nitrogens with one attached hydrogen (secondary N) is 1. The van der Waals surface area contributed by atoms with Gasteiger partial charge in [-0.15, -0.1) is 0 Å². The molecule has 0 bridgehead atoms. The van der Waals surface area contributed by atoms with Gasteiger partial charge in [0.1, 0.15) is 16.7 Å². The van der Waals surface area contributed by atoms with Crippen molar-refractivity contribution in [3.05, 3.63) is 24.0 Å². The third kappa shape index (κ3) is 2.67. The summed E-state index contributed by atoms with van der Waals surface area (Å²) in [6.45, 7) is 2.70. The average Bonchev–Trinajstić information content (AvgIpc) is 2.75. The molecule has 2 rings (SSSR count). The van der Waals surface area contributed by atoms with Gasteiger partial charge in [0, 0.05) is 12.8 Å². The molecule has 1 aliphatic rings. The van der Waals surface area contributed by atoms with Gasteiger partial charge in [0.15, 0.2) is 0 Å². The fourth-order valence-corrected chi connectivity index (χ4v) is 3.10. The number of rotatable bonds is 3. The standard InChI is InChI=1S/C11H13N3O3S/c1-11(4-5-17-8-11)14-18(15,16)10-3-2-9(6-12)13-7-10/h2-3,7,14H,4-5,8H2,1H3. The number of ether oxygens (including phenoxy) is 1. The van der Waals surface area contributed by atoms with Crippen LogP contribution in [0.1, 0.15) is 19.0 Å². The molecule has 6 nitrogen and oxygen atoms in total. The minimum Gasteiger partial charge on any atom is -0.379 e. The Morgan fingerprint density at radius 3 is 2.83 bits per heavy atom. The largest absolute Gasteiger partial charge is 0.379 e. The van der Waals surface area contributed by atoms with Crippen molar-refractivity contribution in [2.75, 3.05) is 13.2 Å². The van der Waals surface area contributed by atoms with Crippen LogP contribution in [0.25, 0.3) is 0 Å². The van der Waals surface area contributed by atoms with Crippen LogP contribution < -0.4 is 4.72 Å². The van der Waals surface area contributed by atoms with Crippen molar-refractivity contribution < 1.29 is 13.2 Å². The van der Waals surface area contributed by atoms with E-state index in [2.05, 4.69) is 9.71 Å². The Morgan fingerprint density at radius 1 is 1.56 bits per heavy atom. The summed E-state index contributed by atoms with van der Waals surface area (Å²) in [5.74, 6) is 0. The predicted octanol–water partition coefficient (Wildman–Crippen LogP) is 0.411. The average molecular weight is 267 g/mol. The highest BCUT2D eigenvalue weighted by Crippen LogP contribution is 2.21. The molecule has 1 aromatic rings. The second-order valence-corrected chi connectivity index (χ2v) is 6.14. The molecule has 1 unspecified atom stereocenters. The molecule has 0 radical (unpaired) electrons. The summed E-state index contributed by atoms with van der Waals surface area (Å²) in [5, 5.41) is 8.61. The van der Waals surface area contributed by atoms with E-state index in [1.165, 1.54) is 18.3 Å². The zero-order chi connectivity index (χ0) is 13.2. The van der Waals surface area contributed by atoms with Crippen molar-refractivity contribution in [1.29, 1.82) is 5.26 Å². The number of hydrogen-bond donors (Lipinski definition) is 1. The van der Waals surface area contributed by atoms with Gasteiger partial charge >= 0.3 is 0 Å². The molecule has 0 saturated carbocycles. The third-order valence-electron chi connectivity index (χ3n) is 2.76. The minimum atomic E-state index is -3.63. The van der Waals surface area contributed by atoms with E-state index in [0.717, 1.165) is 0 Å². The molecule has 96 valence electrons. The fourth-order valence-electron chi connectivity index (χ4n) is 1.74. The van der Waals surface area contributed by atoms with Crippen molar-refractivity contribution in [2.45, 2.75) is 23.8 Å². The van der Waals surface area contributed by atoms with Crippen molar-refractivity contribution >= 4 is 10.0 Å². The molecule has 18 heavy (non-hydrogen) atoms. The smallest absolute Gasteiger partial charge is 0.242 e. The summed E-state index contributed by atoms with van der Waals surface area (Å²) in [7, 11) is -3.63. The van der Waals surface area contributed by atoms with Crippen LogP contribution in [0.3, 0.4) is 0 Å². The van der Waals surface area contributed by atoms with Crippen molar-refractivity contribution in [2.24, 2.45) is 0 Å². The molecule has 0 aliphatic carbocycles. The first-order valence-electron chi connectivity index (χ1n) is 5.43. The van der Waals surface area contributed by atoms with Crippen LogP contribution in [0.5, 0.6) is 0 Å². The SMILES string of the molecule is CC1(NS(=O)(=O)c2ccc(C#N)nc2)CCOC1. The number of hydrogen-bond acceptors (Lipinski definition) is 5. The van der Waals surface area contributed by atoms with E-state index in [1.807, 2.05) is 6.07 Å². The van der Waals surface area contributed by atoms with E-state index >= 15 is 0 Å². The molecule has 0 amide bonds. The Morgan fingerprint density at radius 2 is 2.33 bits per heavy atom. The van der Waals surface area contributed by atoms with Gasteiger partial charge in [-0.05, 0) is 25.5 Å². The molecule has 2 heterocycles. The number of nitrogens with zero attached hydrogens (tertiary/aromatic N) is 2. The Hall–Kier alpha value is -1.49. The van der Waals surface area contributed by atoms with E-state index < -0.39 is 15.6 Å². The molecule has 1 N–H and O–H groups in total. The van der Waals surface area contributed by atoms with Gasteiger partial charge in [-0.1, -0.05) is 0 Å². The van der Waals surface area contributed by atoms with Crippen LogP contribution in [0, 0.1) is 11.3 Å². The third-order valence-corrected chi connectivity index (χ3v) is 4.38. The molecule has 0 spiro atoms. The highest BCUT2D eigenvalue weighted by atomic mass is 32.2. The Kier molecular flexibility index (Phi) is 3.34. The monoisotopic (exact) mass is 267 g/mol. The second kappa shape index (κ2) is 4.65. The predicted molar refractivity (Wildman–Crippen MR) is 63.1 cm³/mol. The normalized spacial score (nSPS) is 23.8. The Labute approximate surface area is 106 Å². The van der Waals surface area contributed by atoms with Gasteiger partial charge in [-0.2, -0.15) is 5.26 Å². The summed E-state index contributed by atoms with van der Waals surface area (Å²) in [6.07, 6.45) is 1.82. The van der Waals surface area contributed by atoms with Gasteiger partial charge in [-0.3, -0.25) is 0 Å². The number of aromatic nitrogens is 1. The van der Waals surface area contributed by atoms with Crippen LogP contribution in [0.4, 0.5) is 0 Å². The quantitative estimate of drug-likeness (QED) is 0.856. The number of pyridine rings is 1. The van der Waals surface area contributed by atoms with Crippen LogP contribution in [-0.4, -0.2) is 32.2 Å². The van der Waals surface area contributed by atoms with Crippen molar-refractivity contribution in [1.82, 2.24) is 9.71 Å². The lowest BCUT2D eigenvalue weighted by molar-refractivity contribution is 0.178. The summed E-state index contributed by atoms with van der Waals surface area (Å²) < 4.78 is 32.0. The first kappa shape index (κ1) is 13.0. The van der Waals surface area contributed by atoms with Crippen LogP contribution in [-0.2, 0) is 14.8 Å². The topological polar surface area (TPSA) is 92.1 Å². The molecule has 1 aliphatic heterocycles. The van der Waals surface area contributed by atoms with Gasteiger partial charge in [-0.25, -0.2) is 18.1 Å². The van der Waals surface area contributed by atoms with Gasteiger partial charge in [0.25, 0.3) is 0 Å². The fraction of sp³-hybridized carbons (Fsp3) is 0.455. The maximum Gasteiger partial charge on any atom is 0.242 e. The van der Waals surface area contributed by atoms with E-state index in [4.69, 9.17) is 10.00 Å². The maximum absolute atomic E-state index is 12.1. The van der Waals surface area contributed by atoms with E-state index in [0.29, 0.717) is 19.6 Å². The zero-order valence-electron chi connectivity index (χ0n) is 9.88. The molecule has 1 saturated heterocycles. The van der Waals surface area contributed by atoms with Crippen LogP contribution >= 0.6 is 0 Å². The van der Waals surface area contributed by atoms with E-state index in [9.17, 15) is 8.42 Å². The van der Waals surface area contributed by atoms with Crippen molar-refractivity contribution in [3.63, 3.8) is 0 Å². The molecule has 1 atom stereocenters. The summed E-state index contributed by atoms with van der Waals surface area (Å²) in [6, 6.07) is 4.59. The highest BCUT2D eigenvalue weighted by Gasteiger charge is 2.34. The van der Waals surface area contributed by atoms with Gasteiger partial charge < -0.3 is 4.74 Å². The first-order chi connectivity index (χ1) is 8.45. The summed E-state index contributed by atoms with van der Waals surface area (Å²) in [5.41, 5.74) is -0.392. The molecular formula is C11H13N3O3S. The van der Waals surface area contributed by atoms with Crippen LogP contribution in [0.15, 0.2) is 23.2 Å². The van der Waals surface area contributed by atoms with Crippen LogP contribution in [0.2, 0.25) is 0 Å². The lowest BCUT2D eigenvalue weighted by Gasteiger charge is -2.23. The van der Waals surface area contributed by atoms with Crippen molar-refractivity contribution in [3.8, 4) is 6.07 Å². The zero-order valence-corrected chi connectivity index (χ0v) is 10.7. The highest BCUT2D eigenvalue weighted by molar-refractivity contribution is 7.89. The lowest BCUT2D eigenvalue weighted by atomic mass is 10.0. The Balaban J connectivity index is 2.22. The summed E-state index contributed by atoms with van der Waals surface area (Å²) >= 11 is 0. The van der Waals surface area contributed by atoms with Gasteiger partial charge in [0.05, 0.1) is 12.1 Å². The first-order valence-corrected chi connectivity index (χ1v) is 6.91. The molecular weight excluding hydrogens is 254 g/mol. The molecule has 1 aromatic heterocycles. The number of sulfonamides is 1. The molecule has 1 fully saturated rings. The summed E-state index contributed by atoms with van der Waals surface area (Å²) in [4.78, 5) is 3.80. The minimum absolute atomic E-state index is 0.0506. The van der Waals surface area contributed by atoms with E-state index in [-0.39, 0.29) is 10.6 Å². The Bertz CT molecular complexity index is 569. The lowest BCUT2D eigenvalue weighted by Crippen LogP contribution is -2.46. The van der Waals surface area contributed by atoms with Gasteiger partial charge in [0.2, 0.25) is 10.0 Å². The number of nitriles is 1. The molecule has 0 aromatic carbocycles. The maximum atomic E-state index is 12.1. The molecule has 7 heteroatoms. The second-order valence-electron chi connectivity index (χ2n) is 4.46. The van der Waals surface area contributed by atoms with E-state index in [1.54, 1.807) is 6.92 Å².